The number of rotatable bonds is 3. The molecule has 2 atom stereocenters. The highest BCUT2D eigenvalue weighted by atomic mass is 32.1. The zero-order chi connectivity index (χ0) is 14.1. The summed E-state index contributed by atoms with van der Waals surface area (Å²) in [6, 6.07) is 0. The summed E-state index contributed by atoms with van der Waals surface area (Å²) in [6.07, 6.45) is -6.45. The van der Waals surface area contributed by atoms with Crippen molar-refractivity contribution >= 4 is 11.3 Å². The van der Waals surface area contributed by atoms with Crippen molar-refractivity contribution in [3.63, 3.8) is 0 Å². The van der Waals surface area contributed by atoms with Crippen molar-refractivity contribution in [3.05, 3.63) is 21.9 Å². The highest BCUT2D eigenvalue weighted by Crippen LogP contribution is 2.41. The number of ether oxygens (including phenoxy) is 1. The van der Waals surface area contributed by atoms with Crippen LogP contribution in [-0.2, 0) is 10.9 Å². The summed E-state index contributed by atoms with van der Waals surface area (Å²) >= 11 is 0.924. The van der Waals surface area contributed by atoms with Crippen LogP contribution in [0.4, 0.5) is 13.2 Å². The van der Waals surface area contributed by atoms with Gasteiger partial charge < -0.3 is 9.84 Å². The summed E-state index contributed by atoms with van der Waals surface area (Å²) in [5.41, 5.74) is -1.36. The van der Waals surface area contributed by atoms with Crippen molar-refractivity contribution in [2.45, 2.75) is 39.2 Å². The molecule has 0 amide bonds. The van der Waals surface area contributed by atoms with Crippen LogP contribution in [0.1, 0.15) is 38.0 Å². The lowest BCUT2D eigenvalue weighted by Gasteiger charge is -2.33. The molecule has 18 heavy (non-hydrogen) atoms. The second kappa shape index (κ2) is 5.19. The van der Waals surface area contributed by atoms with Gasteiger partial charge >= 0.3 is 6.18 Å². The van der Waals surface area contributed by atoms with E-state index in [1.807, 2.05) is 20.8 Å². The maximum Gasteiger partial charge on any atom is 0.417 e. The minimum atomic E-state index is -4.45. The molecular formula is C12H17F3O2S. The van der Waals surface area contributed by atoms with Crippen molar-refractivity contribution in [1.29, 1.82) is 0 Å². The summed E-state index contributed by atoms with van der Waals surface area (Å²) in [5.74, 6) is 0. The van der Waals surface area contributed by atoms with Crippen LogP contribution in [0.2, 0.25) is 0 Å². The van der Waals surface area contributed by atoms with E-state index in [1.54, 1.807) is 0 Å². The minimum Gasteiger partial charge on any atom is -0.386 e. The molecule has 2 nitrogen and oxygen atoms in total. The van der Waals surface area contributed by atoms with E-state index in [1.165, 1.54) is 12.5 Å². The first kappa shape index (κ1) is 15.5. The Morgan fingerprint density at radius 3 is 2.17 bits per heavy atom. The first-order valence-electron chi connectivity index (χ1n) is 5.43. The molecule has 0 aliphatic carbocycles. The van der Waals surface area contributed by atoms with Crippen molar-refractivity contribution in [3.8, 4) is 0 Å². The average Bonchev–Trinajstić information content (AvgIpc) is 2.63. The van der Waals surface area contributed by atoms with E-state index in [0.717, 1.165) is 16.7 Å². The van der Waals surface area contributed by atoms with Gasteiger partial charge in [0.25, 0.3) is 0 Å². The third kappa shape index (κ3) is 3.24. The summed E-state index contributed by atoms with van der Waals surface area (Å²) < 4.78 is 43.4. The molecule has 0 spiro atoms. The van der Waals surface area contributed by atoms with Gasteiger partial charge in [-0.2, -0.15) is 24.5 Å². The van der Waals surface area contributed by atoms with Crippen LogP contribution < -0.4 is 0 Å². The average molecular weight is 282 g/mol. The number of thiophene rings is 1. The fourth-order valence-electron chi connectivity index (χ4n) is 1.89. The number of aliphatic hydroxyl groups is 1. The normalized spacial score (nSPS) is 16.7. The van der Waals surface area contributed by atoms with Crippen LogP contribution in [0.5, 0.6) is 0 Å². The van der Waals surface area contributed by atoms with Gasteiger partial charge in [0.1, 0.15) is 6.10 Å². The van der Waals surface area contributed by atoms with Crippen LogP contribution in [0, 0.1) is 5.41 Å². The molecule has 0 aliphatic rings. The number of alkyl halides is 3. The SMILES string of the molecule is COC(C(O)c1cscc1C(F)(F)F)C(C)(C)C. The summed E-state index contributed by atoms with van der Waals surface area (Å²) in [4.78, 5) is 0. The Bertz CT molecular complexity index is 393. The predicted molar refractivity (Wildman–Crippen MR) is 64.5 cm³/mol. The number of aliphatic hydroxyl groups excluding tert-OH is 1. The molecule has 0 saturated carbocycles. The first-order chi connectivity index (χ1) is 8.09. The van der Waals surface area contributed by atoms with Crippen LogP contribution in [0.3, 0.4) is 0 Å². The maximum absolute atomic E-state index is 12.8. The van der Waals surface area contributed by atoms with Gasteiger partial charge in [0.2, 0.25) is 0 Å². The van der Waals surface area contributed by atoms with E-state index >= 15 is 0 Å². The van der Waals surface area contributed by atoms with Crippen molar-refractivity contribution < 1.29 is 23.0 Å². The van der Waals surface area contributed by atoms with E-state index in [-0.39, 0.29) is 5.56 Å². The molecule has 1 aromatic rings. The van der Waals surface area contributed by atoms with Gasteiger partial charge in [-0.1, -0.05) is 20.8 Å². The summed E-state index contributed by atoms with van der Waals surface area (Å²) in [6.45, 7) is 5.43. The number of methoxy groups -OCH3 is 1. The van der Waals surface area contributed by atoms with Gasteiger partial charge in [0, 0.05) is 18.1 Å². The second-order valence-electron chi connectivity index (χ2n) is 5.21. The van der Waals surface area contributed by atoms with E-state index in [2.05, 4.69) is 0 Å². The second-order valence-corrected chi connectivity index (χ2v) is 5.95. The third-order valence-electron chi connectivity index (χ3n) is 2.71. The fourth-order valence-corrected chi connectivity index (χ4v) is 2.77. The topological polar surface area (TPSA) is 29.5 Å². The van der Waals surface area contributed by atoms with Crippen molar-refractivity contribution in [2.24, 2.45) is 5.41 Å². The highest BCUT2D eigenvalue weighted by molar-refractivity contribution is 7.08. The molecule has 1 aromatic heterocycles. The fraction of sp³-hybridized carbons (Fsp3) is 0.667. The minimum absolute atomic E-state index is 0.116. The molecular weight excluding hydrogens is 265 g/mol. The smallest absolute Gasteiger partial charge is 0.386 e. The Hall–Kier alpha value is -0.590. The Morgan fingerprint density at radius 1 is 1.22 bits per heavy atom. The van der Waals surface area contributed by atoms with Gasteiger partial charge in [-0.3, -0.25) is 0 Å². The van der Waals surface area contributed by atoms with Gasteiger partial charge in [-0.15, -0.1) is 0 Å². The van der Waals surface area contributed by atoms with Crippen molar-refractivity contribution in [1.82, 2.24) is 0 Å². The standard InChI is InChI=1S/C12H17F3O2S/c1-11(2,3)10(17-4)9(16)7-5-18-6-8(7)12(13,14)15/h5-6,9-10,16H,1-4H3. The Morgan fingerprint density at radius 2 is 1.78 bits per heavy atom. The van der Waals surface area contributed by atoms with Crippen LogP contribution >= 0.6 is 11.3 Å². The van der Waals surface area contributed by atoms with Crippen LogP contribution in [-0.4, -0.2) is 18.3 Å². The zero-order valence-corrected chi connectivity index (χ0v) is 11.5. The number of halogens is 3. The first-order valence-corrected chi connectivity index (χ1v) is 6.37. The molecule has 0 bridgehead atoms. The molecule has 0 fully saturated rings. The molecule has 6 heteroatoms. The van der Waals surface area contributed by atoms with E-state index in [0.29, 0.717) is 0 Å². The van der Waals surface area contributed by atoms with Gasteiger partial charge in [0.05, 0.1) is 11.7 Å². The highest BCUT2D eigenvalue weighted by Gasteiger charge is 2.40. The van der Waals surface area contributed by atoms with Gasteiger partial charge in [-0.25, -0.2) is 0 Å². The zero-order valence-electron chi connectivity index (χ0n) is 10.7. The number of hydrogen-bond acceptors (Lipinski definition) is 3. The molecule has 0 saturated heterocycles. The van der Waals surface area contributed by atoms with E-state index in [4.69, 9.17) is 4.74 Å². The molecule has 1 N–H and O–H groups in total. The van der Waals surface area contributed by atoms with Crippen LogP contribution in [0.25, 0.3) is 0 Å². The lowest BCUT2D eigenvalue weighted by Crippen LogP contribution is -2.35. The van der Waals surface area contributed by atoms with E-state index in [9.17, 15) is 18.3 Å². The van der Waals surface area contributed by atoms with Gasteiger partial charge in [-0.05, 0) is 10.8 Å². The molecule has 1 rings (SSSR count). The monoisotopic (exact) mass is 282 g/mol. The summed E-state index contributed by atoms with van der Waals surface area (Å²) in [7, 11) is 1.39. The lowest BCUT2D eigenvalue weighted by atomic mass is 9.83. The lowest BCUT2D eigenvalue weighted by molar-refractivity contribution is -0.141. The Labute approximate surface area is 108 Å². The maximum atomic E-state index is 12.8. The predicted octanol–water partition coefficient (Wildman–Crippen LogP) is 3.86. The largest absolute Gasteiger partial charge is 0.417 e. The van der Waals surface area contributed by atoms with E-state index < -0.39 is 29.4 Å². The molecule has 0 aliphatic heterocycles. The number of hydrogen-bond donors (Lipinski definition) is 1. The quantitative estimate of drug-likeness (QED) is 0.912. The molecule has 0 radical (unpaired) electrons. The Balaban J connectivity index is 3.11. The summed E-state index contributed by atoms with van der Waals surface area (Å²) in [5, 5.41) is 12.5. The molecule has 104 valence electrons. The van der Waals surface area contributed by atoms with Gasteiger partial charge in [0.15, 0.2) is 0 Å². The van der Waals surface area contributed by atoms with Crippen LogP contribution in [0.15, 0.2) is 10.8 Å². The van der Waals surface area contributed by atoms with Crippen molar-refractivity contribution in [2.75, 3.05) is 7.11 Å². The third-order valence-corrected chi connectivity index (χ3v) is 3.47. The molecule has 2 unspecified atom stereocenters. The Kier molecular flexibility index (Phi) is 4.46. The molecule has 1 heterocycles. The molecule has 0 aromatic carbocycles.